The highest BCUT2D eigenvalue weighted by Crippen LogP contribution is 2.36. The third-order valence-corrected chi connectivity index (χ3v) is 2.65. The fourth-order valence-corrected chi connectivity index (χ4v) is 1.82. The fourth-order valence-electron chi connectivity index (χ4n) is 1.02. The number of thioether (sulfide) groups is 1. The SMILES string of the molecule is CC(C)Sc1nnnn1C1CC1. The van der Waals surface area contributed by atoms with Crippen molar-refractivity contribution in [2.24, 2.45) is 0 Å². The molecule has 1 fully saturated rings. The zero-order valence-electron chi connectivity index (χ0n) is 7.27. The van der Waals surface area contributed by atoms with Crippen LogP contribution >= 0.6 is 11.8 Å². The van der Waals surface area contributed by atoms with E-state index in [0.717, 1.165) is 5.16 Å². The predicted molar refractivity (Wildman–Crippen MR) is 47.1 cm³/mol. The Hall–Kier alpha value is -0.580. The van der Waals surface area contributed by atoms with Crippen molar-refractivity contribution in [1.82, 2.24) is 20.2 Å². The Morgan fingerprint density at radius 1 is 1.50 bits per heavy atom. The lowest BCUT2D eigenvalue weighted by atomic mass is 10.6. The molecular formula is C7H12N4S. The fraction of sp³-hybridized carbons (Fsp3) is 0.857. The van der Waals surface area contributed by atoms with Crippen molar-refractivity contribution in [3.8, 4) is 0 Å². The van der Waals surface area contributed by atoms with Crippen LogP contribution in [0.15, 0.2) is 5.16 Å². The molecule has 0 aromatic carbocycles. The standard InChI is InChI=1S/C7H12N4S/c1-5(2)12-7-8-9-10-11(7)6-3-4-6/h5-6H,3-4H2,1-2H3. The average Bonchev–Trinajstić information content (AvgIpc) is 2.73. The van der Waals surface area contributed by atoms with Crippen LogP contribution in [0.2, 0.25) is 0 Å². The Morgan fingerprint density at radius 2 is 2.25 bits per heavy atom. The first-order valence-corrected chi connectivity index (χ1v) is 5.10. The normalized spacial score (nSPS) is 17.2. The molecule has 0 saturated heterocycles. The monoisotopic (exact) mass is 184 g/mol. The van der Waals surface area contributed by atoms with Gasteiger partial charge in [-0.2, -0.15) is 0 Å². The van der Waals surface area contributed by atoms with E-state index in [4.69, 9.17) is 0 Å². The van der Waals surface area contributed by atoms with Crippen molar-refractivity contribution in [2.45, 2.75) is 43.1 Å². The van der Waals surface area contributed by atoms with Crippen LogP contribution in [-0.4, -0.2) is 25.5 Å². The van der Waals surface area contributed by atoms with Crippen LogP contribution in [0.5, 0.6) is 0 Å². The van der Waals surface area contributed by atoms with Gasteiger partial charge < -0.3 is 0 Å². The molecule has 1 aromatic heterocycles. The number of nitrogens with zero attached hydrogens (tertiary/aromatic N) is 4. The first kappa shape index (κ1) is 8.04. The Bertz CT molecular complexity index is 266. The van der Waals surface area contributed by atoms with E-state index in [1.807, 2.05) is 4.68 Å². The van der Waals surface area contributed by atoms with Crippen LogP contribution in [0.25, 0.3) is 0 Å². The molecule has 1 saturated carbocycles. The van der Waals surface area contributed by atoms with E-state index in [1.165, 1.54) is 12.8 Å². The number of hydrogen-bond acceptors (Lipinski definition) is 4. The summed E-state index contributed by atoms with van der Waals surface area (Å²) in [6.07, 6.45) is 2.47. The summed E-state index contributed by atoms with van der Waals surface area (Å²) in [7, 11) is 0. The molecule has 0 unspecified atom stereocenters. The average molecular weight is 184 g/mol. The Morgan fingerprint density at radius 3 is 2.83 bits per heavy atom. The van der Waals surface area contributed by atoms with Gasteiger partial charge in [0, 0.05) is 5.25 Å². The van der Waals surface area contributed by atoms with Gasteiger partial charge in [0.15, 0.2) is 0 Å². The quantitative estimate of drug-likeness (QED) is 0.668. The zero-order valence-corrected chi connectivity index (χ0v) is 8.08. The summed E-state index contributed by atoms with van der Waals surface area (Å²) in [4.78, 5) is 0. The molecule has 0 N–H and O–H groups in total. The van der Waals surface area contributed by atoms with Gasteiger partial charge in [-0.1, -0.05) is 25.6 Å². The lowest BCUT2D eigenvalue weighted by Crippen LogP contribution is -2.00. The summed E-state index contributed by atoms with van der Waals surface area (Å²) in [5.41, 5.74) is 0. The van der Waals surface area contributed by atoms with Crippen LogP contribution in [0.1, 0.15) is 32.7 Å². The Labute approximate surface area is 75.7 Å². The van der Waals surface area contributed by atoms with E-state index < -0.39 is 0 Å². The van der Waals surface area contributed by atoms with Crippen LogP contribution in [0.4, 0.5) is 0 Å². The second-order valence-electron chi connectivity index (χ2n) is 3.30. The highest BCUT2D eigenvalue weighted by Gasteiger charge is 2.27. The van der Waals surface area contributed by atoms with Crippen LogP contribution in [0, 0.1) is 0 Å². The van der Waals surface area contributed by atoms with Gasteiger partial charge in [0.1, 0.15) is 0 Å². The van der Waals surface area contributed by atoms with Crippen molar-refractivity contribution in [3.05, 3.63) is 0 Å². The van der Waals surface area contributed by atoms with E-state index in [9.17, 15) is 0 Å². The predicted octanol–water partition coefficient (Wildman–Crippen LogP) is 1.51. The molecule has 0 bridgehead atoms. The van der Waals surface area contributed by atoms with E-state index in [0.29, 0.717) is 11.3 Å². The molecule has 1 heterocycles. The summed E-state index contributed by atoms with van der Waals surface area (Å²) in [6, 6.07) is 0.584. The molecule has 66 valence electrons. The van der Waals surface area contributed by atoms with E-state index in [2.05, 4.69) is 29.4 Å². The van der Waals surface area contributed by atoms with Crippen molar-refractivity contribution in [3.63, 3.8) is 0 Å². The summed E-state index contributed by atoms with van der Waals surface area (Å²) < 4.78 is 1.95. The maximum atomic E-state index is 3.98. The second kappa shape index (κ2) is 3.05. The molecule has 4 nitrogen and oxygen atoms in total. The molecule has 0 aliphatic heterocycles. The third-order valence-electron chi connectivity index (χ3n) is 1.70. The minimum atomic E-state index is 0.550. The van der Waals surface area contributed by atoms with Gasteiger partial charge in [0.25, 0.3) is 0 Å². The number of tetrazole rings is 1. The molecule has 2 rings (SSSR count). The highest BCUT2D eigenvalue weighted by atomic mass is 32.2. The minimum absolute atomic E-state index is 0.550. The van der Waals surface area contributed by atoms with Gasteiger partial charge in [0.05, 0.1) is 6.04 Å². The molecule has 0 radical (unpaired) electrons. The van der Waals surface area contributed by atoms with Gasteiger partial charge in [-0.25, -0.2) is 4.68 Å². The molecule has 0 spiro atoms. The molecule has 0 atom stereocenters. The zero-order chi connectivity index (χ0) is 8.55. The van der Waals surface area contributed by atoms with Crippen molar-refractivity contribution in [2.75, 3.05) is 0 Å². The topological polar surface area (TPSA) is 43.6 Å². The highest BCUT2D eigenvalue weighted by molar-refractivity contribution is 7.99. The summed E-state index contributed by atoms with van der Waals surface area (Å²) in [6.45, 7) is 4.30. The molecule has 12 heavy (non-hydrogen) atoms. The van der Waals surface area contributed by atoms with Gasteiger partial charge in [0.2, 0.25) is 5.16 Å². The molecule has 1 aliphatic carbocycles. The maximum absolute atomic E-state index is 3.98. The van der Waals surface area contributed by atoms with Gasteiger partial charge in [-0.05, 0) is 23.3 Å². The number of hydrogen-bond donors (Lipinski definition) is 0. The lowest BCUT2D eigenvalue weighted by Gasteiger charge is -2.03. The Balaban J connectivity index is 2.13. The largest absolute Gasteiger partial charge is 0.217 e. The molecule has 1 aromatic rings. The van der Waals surface area contributed by atoms with Gasteiger partial charge in [-0.3, -0.25) is 0 Å². The third kappa shape index (κ3) is 1.60. The van der Waals surface area contributed by atoms with Crippen molar-refractivity contribution in [1.29, 1.82) is 0 Å². The number of rotatable bonds is 3. The van der Waals surface area contributed by atoms with Crippen LogP contribution in [0.3, 0.4) is 0 Å². The second-order valence-corrected chi connectivity index (χ2v) is 4.85. The first-order valence-electron chi connectivity index (χ1n) is 4.22. The van der Waals surface area contributed by atoms with E-state index in [-0.39, 0.29) is 0 Å². The molecule has 5 heteroatoms. The summed E-state index contributed by atoms with van der Waals surface area (Å²) in [5.74, 6) is 0. The molecule has 1 aliphatic rings. The van der Waals surface area contributed by atoms with Crippen molar-refractivity contribution >= 4 is 11.8 Å². The minimum Gasteiger partial charge on any atom is -0.217 e. The van der Waals surface area contributed by atoms with Gasteiger partial charge >= 0.3 is 0 Å². The summed E-state index contributed by atoms with van der Waals surface area (Å²) in [5, 5.41) is 13.1. The van der Waals surface area contributed by atoms with Gasteiger partial charge in [-0.15, -0.1) is 5.10 Å². The first-order chi connectivity index (χ1) is 5.77. The lowest BCUT2D eigenvalue weighted by molar-refractivity contribution is 0.565. The smallest absolute Gasteiger partial charge is 0.209 e. The Kier molecular flexibility index (Phi) is 2.04. The summed E-state index contributed by atoms with van der Waals surface area (Å²) >= 11 is 1.73. The number of aromatic nitrogens is 4. The van der Waals surface area contributed by atoms with Crippen molar-refractivity contribution < 1.29 is 0 Å². The van der Waals surface area contributed by atoms with Crippen LogP contribution < -0.4 is 0 Å². The molecule has 0 amide bonds. The van der Waals surface area contributed by atoms with E-state index in [1.54, 1.807) is 11.8 Å². The molecular weight excluding hydrogens is 172 g/mol. The van der Waals surface area contributed by atoms with E-state index >= 15 is 0 Å². The maximum Gasteiger partial charge on any atom is 0.209 e. The van der Waals surface area contributed by atoms with Crippen LogP contribution in [-0.2, 0) is 0 Å².